The van der Waals surface area contributed by atoms with Gasteiger partial charge in [-0.2, -0.15) is 18.3 Å². The minimum atomic E-state index is -4.53. The maximum atomic E-state index is 13.1. The van der Waals surface area contributed by atoms with Crippen LogP contribution in [0.25, 0.3) is 0 Å². The molecule has 0 bridgehead atoms. The molecule has 2 aromatic rings. The normalized spacial score (nSPS) is 18.5. The van der Waals surface area contributed by atoms with Gasteiger partial charge in [-0.3, -0.25) is 5.01 Å². The van der Waals surface area contributed by atoms with Crippen molar-refractivity contribution in [2.75, 3.05) is 5.01 Å². The van der Waals surface area contributed by atoms with Crippen molar-refractivity contribution < 1.29 is 21.6 Å². The molecule has 1 aliphatic heterocycles. The first-order chi connectivity index (χ1) is 11.6. The van der Waals surface area contributed by atoms with Crippen molar-refractivity contribution in [1.82, 2.24) is 4.57 Å². The van der Waals surface area contributed by atoms with Crippen molar-refractivity contribution in [3.63, 3.8) is 0 Å². The molecule has 134 valence electrons. The van der Waals surface area contributed by atoms with Crippen LogP contribution in [0.4, 0.5) is 18.9 Å². The Morgan fingerprint density at radius 3 is 2.32 bits per heavy atom. The van der Waals surface area contributed by atoms with Gasteiger partial charge >= 0.3 is 6.18 Å². The van der Waals surface area contributed by atoms with Gasteiger partial charge in [0.25, 0.3) is 0 Å². The molecule has 0 aliphatic carbocycles. The van der Waals surface area contributed by atoms with Crippen molar-refractivity contribution in [3.8, 4) is 0 Å². The summed E-state index contributed by atoms with van der Waals surface area (Å²) in [4.78, 5) is -0.119. The maximum absolute atomic E-state index is 13.1. The van der Waals surface area contributed by atoms with E-state index in [0.29, 0.717) is 11.3 Å². The Kier molecular flexibility index (Phi) is 4.12. The van der Waals surface area contributed by atoms with Crippen LogP contribution in [-0.2, 0) is 17.1 Å². The van der Waals surface area contributed by atoms with Crippen LogP contribution in [0.2, 0.25) is 0 Å². The SMILES string of the molecule is Cn1ccc(C2CC(C(F)(F)F)=NN2c2ccc(S(N)(=O)=O)cc2)c1. The lowest BCUT2D eigenvalue weighted by Crippen LogP contribution is -2.21. The lowest BCUT2D eigenvalue weighted by molar-refractivity contribution is -0.0600. The minimum absolute atomic E-state index is 0.119. The topological polar surface area (TPSA) is 80.7 Å². The molecule has 0 saturated carbocycles. The fourth-order valence-corrected chi connectivity index (χ4v) is 3.21. The summed E-state index contributed by atoms with van der Waals surface area (Å²) in [6.45, 7) is 0. The number of hydrogen-bond acceptors (Lipinski definition) is 4. The highest BCUT2D eigenvalue weighted by molar-refractivity contribution is 7.89. The molecule has 6 nitrogen and oxygen atoms in total. The Labute approximate surface area is 142 Å². The van der Waals surface area contributed by atoms with Gasteiger partial charge in [-0.15, -0.1) is 0 Å². The summed E-state index contributed by atoms with van der Waals surface area (Å²) in [7, 11) is -2.10. The summed E-state index contributed by atoms with van der Waals surface area (Å²) in [6, 6.07) is 6.36. The zero-order valence-electron chi connectivity index (χ0n) is 13.1. The predicted octanol–water partition coefficient (Wildman–Crippen LogP) is 2.54. The number of sulfonamides is 1. The minimum Gasteiger partial charge on any atom is -0.357 e. The van der Waals surface area contributed by atoms with Crippen molar-refractivity contribution in [1.29, 1.82) is 0 Å². The second kappa shape index (κ2) is 5.88. The summed E-state index contributed by atoms with van der Waals surface area (Å²) in [5, 5.41) is 10.0. The highest BCUT2D eigenvalue weighted by Crippen LogP contribution is 2.39. The van der Waals surface area contributed by atoms with Crippen LogP contribution in [-0.4, -0.2) is 24.9 Å². The van der Waals surface area contributed by atoms with E-state index in [0.717, 1.165) is 0 Å². The second-order valence-corrected chi connectivity index (χ2v) is 7.32. The first-order valence-electron chi connectivity index (χ1n) is 7.24. The molecule has 0 spiro atoms. The Balaban J connectivity index is 2.01. The number of alkyl halides is 3. The number of aromatic nitrogens is 1. The van der Waals surface area contributed by atoms with E-state index < -0.39 is 28.0 Å². The molecule has 3 rings (SSSR count). The number of primary sulfonamides is 1. The average Bonchev–Trinajstić information content (AvgIpc) is 3.12. The number of aryl methyl sites for hydroxylation is 1. The van der Waals surface area contributed by atoms with Crippen LogP contribution < -0.4 is 10.1 Å². The zero-order chi connectivity index (χ0) is 18.4. The van der Waals surface area contributed by atoms with E-state index in [9.17, 15) is 21.6 Å². The van der Waals surface area contributed by atoms with E-state index in [4.69, 9.17) is 5.14 Å². The summed E-state index contributed by atoms with van der Waals surface area (Å²) < 4.78 is 63.7. The summed E-state index contributed by atoms with van der Waals surface area (Å²) in [5.74, 6) is 0. The van der Waals surface area contributed by atoms with E-state index in [-0.39, 0.29) is 11.3 Å². The molecule has 0 radical (unpaired) electrons. The van der Waals surface area contributed by atoms with E-state index in [1.165, 1.54) is 29.3 Å². The van der Waals surface area contributed by atoms with E-state index >= 15 is 0 Å². The van der Waals surface area contributed by atoms with Crippen molar-refractivity contribution in [2.45, 2.75) is 23.5 Å². The Morgan fingerprint density at radius 1 is 1.20 bits per heavy atom. The molecule has 2 N–H and O–H groups in total. The fraction of sp³-hybridized carbons (Fsp3) is 0.267. The molecule has 1 atom stereocenters. The van der Waals surface area contributed by atoms with Crippen LogP contribution in [0.3, 0.4) is 0 Å². The number of benzene rings is 1. The molecule has 0 amide bonds. The van der Waals surface area contributed by atoms with Gasteiger partial charge in [0.15, 0.2) is 0 Å². The predicted molar refractivity (Wildman–Crippen MR) is 86.6 cm³/mol. The van der Waals surface area contributed by atoms with Crippen molar-refractivity contribution in [3.05, 3.63) is 48.3 Å². The molecule has 0 saturated heterocycles. The number of nitrogens with two attached hydrogens (primary N) is 1. The highest BCUT2D eigenvalue weighted by atomic mass is 32.2. The number of nitrogens with zero attached hydrogens (tertiary/aromatic N) is 3. The molecular formula is C15H15F3N4O2S. The van der Waals surface area contributed by atoms with Gasteiger partial charge in [0.1, 0.15) is 5.71 Å². The van der Waals surface area contributed by atoms with Crippen LogP contribution in [0.15, 0.2) is 52.7 Å². The standard InChI is InChI=1S/C15H15F3N4O2S/c1-21-7-6-10(9-21)13-8-14(15(16,17)18)20-22(13)11-2-4-12(5-3-11)25(19,23)24/h2-7,9,13H,8H2,1H3,(H2,19,23,24). The van der Waals surface area contributed by atoms with Crippen LogP contribution in [0, 0.1) is 0 Å². The van der Waals surface area contributed by atoms with E-state index in [1.54, 1.807) is 30.1 Å². The highest BCUT2D eigenvalue weighted by Gasteiger charge is 2.43. The number of rotatable bonds is 3. The summed E-state index contributed by atoms with van der Waals surface area (Å²) in [6.07, 6.45) is -1.35. The van der Waals surface area contributed by atoms with Gasteiger partial charge in [0, 0.05) is 25.9 Å². The molecule has 1 unspecified atom stereocenters. The molecular weight excluding hydrogens is 357 g/mol. The molecule has 1 aromatic carbocycles. The van der Waals surface area contributed by atoms with Crippen molar-refractivity contribution >= 4 is 21.4 Å². The van der Waals surface area contributed by atoms with E-state index in [1.807, 2.05) is 0 Å². The van der Waals surface area contributed by atoms with Crippen LogP contribution >= 0.6 is 0 Å². The first kappa shape index (κ1) is 17.5. The van der Waals surface area contributed by atoms with Crippen LogP contribution in [0.5, 0.6) is 0 Å². The second-order valence-electron chi connectivity index (χ2n) is 5.76. The third-order valence-corrected chi connectivity index (χ3v) is 4.84. The smallest absolute Gasteiger partial charge is 0.357 e. The van der Waals surface area contributed by atoms with Gasteiger partial charge in [0.2, 0.25) is 10.0 Å². The molecule has 10 heteroatoms. The molecule has 2 heterocycles. The third kappa shape index (κ3) is 3.54. The lowest BCUT2D eigenvalue weighted by Gasteiger charge is -2.23. The van der Waals surface area contributed by atoms with Gasteiger partial charge in [-0.25, -0.2) is 13.6 Å². The third-order valence-electron chi connectivity index (χ3n) is 3.91. The number of hydrogen-bond donors (Lipinski definition) is 1. The summed E-state index contributed by atoms with van der Waals surface area (Å²) >= 11 is 0. The summed E-state index contributed by atoms with van der Waals surface area (Å²) in [5.41, 5.74) is 0.151. The molecule has 1 aliphatic rings. The van der Waals surface area contributed by atoms with Gasteiger partial charge < -0.3 is 4.57 Å². The van der Waals surface area contributed by atoms with Crippen LogP contribution in [0.1, 0.15) is 18.0 Å². The maximum Gasteiger partial charge on any atom is 0.431 e. The monoisotopic (exact) mass is 372 g/mol. The lowest BCUT2D eigenvalue weighted by atomic mass is 10.0. The Bertz CT molecular complexity index is 917. The zero-order valence-corrected chi connectivity index (χ0v) is 13.9. The molecule has 25 heavy (non-hydrogen) atoms. The van der Waals surface area contributed by atoms with Gasteiger partial charge in [-0.1, -0.05) is 0 Å². The number of hydrazone groups is 1. The van der Waals surface area contributed by atoms with E-state index in [2.05, 4.69) is 5.10 Å². The fourth-order valence-electron chi connectivity index (χ4n) is 2.69. The van der Waals surface area contributed by atoms with Crippen molar-refractivity contribution in [2.24, 2.45) is 17.3 Å². The van der Waals surface area contributed by atoms with Gasteiger partial charge in [-0.05, 0) is 35.9 Å². The molecule has 0 fully saturated rings. The number of halogens is 3. The largest absolute Gasteiger partial charge is 0.431 e. The number of anilines is 1. The first-order valence-corrected chi connectivity index (χ1v) is 8.79. The quantitative estimate of drug-likeness (QED) is 0.899. The Morgan fingerprint density at radius 2 is 1.84 bits per heavy atom. The Hall–Kier alpha value is -2.33. The molecule has 1 aromatic heterocycles. The average molecular weight is 372 g/mol. The van der Waals surface area contributed by atoms with Gasteiger partial charge in [0.05, 0.1) is 16.6 Å².